The molecule has 6 heteroatoms. The Labute approximate surface area is 109 Å². The van der Waals surface area contributed by atoms with E-state index in [0.29, 0.717) is 0 Å². The van der Waals surface area contributed by atoms with Gasteiger partial charge in [-0.1, -0.05) is 13.8 Å². The Hall–Kier alpha value is -1.82. The lowest BCUT2D eigenvalue weighted by Crippen LogP contribution is -2.37. The second-order valence-corrected chi connectivity index (χ2v) is 5.32. The Morgan fingerprint density at radius 1 is 1.39 bits per heavy atom. The van der Waals surface area contributed by atoms with E-state index in [0.717, 1.165) is 11.3 Å². The first kappa shape index (κ1) is 12.6. The summed E-state index contributed by atoms with van der Waals surface area (Å²) in [7, 11) is 0. The molecule has 2 rings (SSSR count). The summed E-state index contributed by atoms with van der Waals surface area (Å²) in [6, 6.07) is 0. The van der Waals surface area contributed by atoms with Crippen LogP contribution in [0.2, 0.25) is 0 Å². The molecule has 1 atom stereocenters. The minimum Gasteiger partial charge on any atom is -0.369 e. The Morgan fingerprint density at radius 2 is 2.06 bits per heavy atom. The summed E-state index contributed by atoms with van der Waals surface area (Å²) in [6.45, 7) is 3.62. The van der Waals surface area contributed by atoms with Crippen molar-refractivity contribution in [1.29, 1.82) is 0 Å². The molecule has 0 aliphatic heterocycles. The van der Waals surface area contributed by atoms with Crippen molar-refractivity contribution in [2.45, 2.75) is 19.8 Å². The van der Waals surface area contributed by atoms with Gasteiger partial charge in [0, 0.05) is 23.7 Å². The van der Waals surface area contributed by atoms with Gasteiger partial charge in [0.1, 0.15) is 6.33 Å². The van der Waals surface area contributed by atoms with Crippen molar-refractivity contribution in [2.24, 2.45) is 11.1 Å². The summed E-state index contributed by atoms with van der Waals surface area (Å²) in [5.74, 6) is -0.605. The van der Waals surface area contributed by atoms with Crippen LogP contribution >= 0.6 is 11.3 Å². The van der Waals surface area contributed by atoms with Crippen LogP contribution in [0.1, 0.15) is 31.0 Å². The smallest absolute Gasteiger partial charge is 0.224 e. The van der Waals surface area contributed by atoms with Crippen molar-refractivity contribution in [2.75, 3.05) is 0 Å². The monoisotopic (exact) mass is 262 g/mol. The van der Waals surface area contributed by atoms with Gasteiger partial charge in [-0.2, -0.15) is 0 Å². The highest BCUT2D eigenvalue weighted by atomic mass is 32.1. The summed E-state index contributed by atoms with van der Waals surface area (Å²) in [5, 5.41) is 1.92. The lowest BCUT2D eigenvalue weighted by molar-refractivity contribution is -0.126. The van der Waals surface area contributed by atoms with Gasteiger partial charge >= 0.3 is 0 Å². The number of amides is 1. The molecule has 0 fully saturated rings. The van der Waals surface area contributed by atoms with E-state index in [2.05, 4.69) is 15.0 Å². The average Bonchev–Trinajstić information content (AvgIpc) is 2.83. The molecule has 0 saturated carbocycles. The van der Waals surface area contributed by atoms with E-state index in [1.54, 1.807) is 17.9 Å². The number of aromatic nitrogens is 3. The number of thiazole rings is 1. The van der Waals surface area contributed by atoms with Crippen LogP contribution in [0.15, 0.2) is 29.6 Å². The quantitative estimate of drug-likeness (QED) is 0.906. The number of hydrogen-bond donors (Lipinski definition) is 1. The van der Waals surface area contributed by atoms with Crippen LogP contribution in [0, 0.1) is 5.41 Å². The summed E-state index contributed by atoms with van der Waals surface area (Å²) >= 11 is 1.49. The first-order valence-electron chi connectivity index (χ1n) is 5.46. The van der Waals surface area contributed by atoms with Gasteiger partial charge in [0.15, 0.2) is 0 Å². The topological polar surface area (TPSA) is 81.8 Å². The SMILES string of the molecule is CC(C)(C(N)=O)C(c1cncnc1)c1cscn1. The molecule has 2 heterocycles. The summed E-state index contributed by atoms with van der Waals surface area (Å²) in [4.78, 5) is 24.0. The number of primary amides is 1. The summed E-state index contributed by atoms with van der Waals surface area (Å²) in [6.07, 6.45) is 4.85. The lowest BCUT2D eigenvalue weighted by atomic mass is 9.73. The molecular weight excluding hydrogens is 248 g/mol. The molecule has 0 bridgehead atoms. The van der Waals surface area contributed by atoms with Crippen LogP contribution < -0.4 is 5.73 Å². The van der Waals surface area contributed by atoms with Gasteiger partial charge in [-0.25, -0.2) is 15.0 Å². The molecule has 0 saturated heterocycles. The number of carbonyl (C=O) groups is 1. The van der Waals surface area contributed by atoms with Crippen LogP contribution in [-0.2, 0) is 4.79 Å². The third-order valence-corrected chi connectivity index (χ3v) is 3.62. The van der Waals surface area contributed by atoms with E-state index in [1.807, 2.05) is 19.2 Å². The first-order chi connectivity index (χ1) is 8.53. The van der Waals surface area contributed by atoms with Gasteiger partial charge < -0.3 is 5.73 Å². The highest BCUT2D eigenvalue weighted by Gasteiger charge is 2.38. The molecule has 0 aliphatic rings. The van der Waals surface area contributed by atoms with E-state index in [4.69, 9.17) is 5.73 Å². The molecule has 1 amide bonds. The summed E-state index contributed by atoms with van der Waals surface area (Å²) < 4.78 is 0. The van der Waals surface area contributed by atoms with Crippen molar-refractivity contribution in [3.05, 3.63) is 40.9 Å². The van der Waals surface area contributed by atoms with Crippen LogP contribution in [0.4, 0.5) is 0 Å². The third-order valence-electron chi connectivity index (χ3n) is 3.02. The highest BCUT2D eigenvalue weighted by Crippen LogP contribution is 2.39. The van der Waals surface area contributed by atoms with E-state index >= 15 is 0 Å². The molecule has 0 spiro atoms. The molecule has 94 valence electrons. The van der Waals surface area contributed by atoms with E-state index in [1.165, 1.54) is 17.7 Å². The fourth-order valence-corrected chi connectivity index (χ4v) is 2.50. The molecule has 2 aromatic rings. The van der Waals surface area contributed by atoms with Crippen LogP contribution in [0.3, 0.4) is 0 Å². The predicted molar refractivity (Wildman–Crippen MR) is 69.0 cm³/mol. The second-order valence-electron chi connectivity index (χ2n) is 4.60. The second kappa shape index (κ2) is 4.81. The third kappa shape index (κ3) is 2.24. The molecule has 2 aromatic heterocycles. The average molecular weight is 262 g/mol. The fraction of sp³-hybridized carbons (Fsp3) is 0.333. The fourth-order valence-electron chi connectivity index (χ4n) is 1.92. The summed E-state index contributed by atoms with van der Waals surface area (Å²) in [5.41, 5.74) is 8.16. The van der Waals surface area contributed by atoms with Gasteiger partial charge in [-0.05, 0) is 5.56 Å². The number of carbonyl (C=O) groups excluding carboxylic acids is 1. The standard InChI is InChI=1S/C12H14N4OS/c1-12(2,11(13)17)10(9-5-18-7-16-9)8-3-14-6-15-4-8/h3-7,10H,1-2H3,(H2,13,17). The van der Waals surface area contributed by atoms with Gasteiger partial charge in [0.05, 0.1) is 16.6 Å². The van der Waals surface area contributed by atoms with Crippen LogP contribution in [0.5, 0.6) is 0 Å². The van der Waals surface area contributed by atoms with E-state index in [-0.39, 0.29) is 11.8 Å². The zero-order valence-electron chi connectivity index (χ0n) is 10.2. The van der Waals surface area contributed by atoms with Gasteiger partial charge in [-0.15, -0.1) is 11.3 Å². The normalized spacial score (nSPS) is 13.2. The first-order valence-corrected chi connectivity index (χ1v) is 6.40. The Balaban J connectivity index is 2.52. The van der Waals surface area contributed by atoms with Crippen molar-refractivity contribution in [3.63, 3.8) is 0 Å². The predicted octanol–water partition coefficient (Wildman–Crippen LogP) is 1.58. The Bertz CT molecular complexity index is 524. The van der Waals surface area contributed by atoms with Gasteiger partial charge in [-0.3, -0.25) is 4.79 Å². The van der Waals surface area contributed by atoms with Crippen molar-refractivity contribution in [3.8, 4) is 0 Å². The Kier molecular flexibility index (Phi) is 3.38. The minimum atomic E-state index is -0.751. The maximum atomic E-state index is 11.7. The molecule has 0 radical (unpaired) electrons. The Morgan fingerprint density at radius 3 is 2.56 bits per heavy atom. The van der Waals surface area contributed by atoms with Crippen molar-refractivity contribution >= 4 is 17.2 Å². The molecular formula is C12H14N4OS. The van der Waals surface area contributed by atoms with Crippen LogP contribution in [-0.4, -0.2) is 20.9 Å². The zero-order valence-corrected chi connectivity index (χ0v) is 11.0. The molecule has 1 unspecified atom stereocenters. The zero-order chi connectivity index (χ0) is 13.2. The van der Waals surface area contributed by atoms with Gasteiger partial charge in [0.2, 0.25) is 5.91 Å². The molecule has 0 aliphatic carbocycles. The van der Waals surface area contributed by atoms with E-state index in [9.17, 15) is 4.79 Å². The van der Waals surface area contributed by atoms with Gasteiger partial charge in [0.25, 0.3) is 0 Å². The van der Waals surface area contributed by atoms with Crippen molar-refractivity contribution in [1.82, 2.24) is 15.0 Å². The largest absolute Gasteiger partial charge is 0.369 e. The number of hydrogen-bond acceptors (Lipinski definition) is 5. The van der Waals surface area contributed by atoms with Crippen LogP contribution in [0.25, 0.3) is 0 Å². The van der Waals surface area contributed by atoms with E-state index < -0.39 is 5.41 Å². The number of nitrogens with zero attached hydrogens (tertiary/aromatic N) is 3. The van der Waals surface area contributed by atoms with Crippen molar-refractivity contribution < 1.29 is 4.79 Å². The molecule has 5 nitrogen and oxygen atoms in total. The molecule has 0 aromatic carbocycles. The lowest BCUT2D eigenvalue weighted by Gasteiger charge is -2.30. The molecule has 2 N–H and O–H groups in total. The number of rotatable bonds is 4. The maximum Gasteiger partial charge on any atom is 0.224 e. The minimum absolute atomic E-state index is 0.234. The highest BCUT2D eigenvalue weighted by molar-refractivity contribution is 7.07. The molecule has 18 heavy (non-hydrogen) atoms. The number of nitrogens with two attached hydrogens (primary N) is 1. The maximum absolute atomic E-state index is 11.7.